The molecule has 0 radical (unpaired) electrons. The van der Waals surface area contributed by atoms with Crippen LogP contribution >= 0.6 is 24.0 Å². The fourth-order valence-electron chi connectivity index (χ4n) is 2.41. The maximum Gasteiger partial charge on any atom is 0.251 e. The van der Waals surface area contributed by atoms with Crippen molar-refractivity contribution in [1.29, 1.82) is 0 Å². The second kappa shape index (κ2) is 12.9. The molecule has 1 aliphatic rings. The first-order valence-electron chi connectivity index (χ1n) is 9.12. The van der Waals surface area contributed by atoms with E-state index in [1.165, 1.54) is 12.8 Å². The molecule has 6 nitrogen and oxygen atoms in total. The Morgan fingerprint density at radius 2 is 2.08 bits per heavy atom. The minimum Gasteiger partial charge on any atom is -0.381 e. The summed E-state index contributed by atoms with van der Waals surface area (Å²) in [5.74, 6) is 1.53. The number of halogens is 1. The van der Waals surface area contributed by atoms with Crippen LogP contribution in [0.3, 0.4) is 0 Å². The monoisotopic (exact) mass is 474 g/mol. The third kappa shape index (κ3) is 8.84. The standard InChI is InChI=1S/C19H30N4O2.HI/c1-3-21-18(24)17-7-4-6-16(12-17)13-23-19(20-2)22-10-5-11-25-14-15-8-9-15;/h4,6-7,12,15H,3,5,8-11,13-14H2,1-2H3,(H,21,24)(H2,20,22,23);1H. The van der Waals surface area contributed by atoms with Crippen LogP contribution in [-0.4, -0.2) is 45.2 Å². The van der Waals surface area contributed by atoms with Crippen molar-refractivity contribution < 1.29 is 9.53 Å². The molecule has 0 unspecified atom stereocenters. The highest BCUT2D eigenvalue weighted by atomic mass is 127. The average molecular weight is 474 g/mol. The number of rotatable bonds is 10. The summed E-state index contributed by atoms with van der Waals surface area (Å²) in [6.07, 6.45) is 3.62. The second-order valence-corrected chi connectivity index (χ2v) is 6.28. The topological polar surface area (TPSA) is 74.8 Å². The number of nitrogens with zero attached hydrogens (tertiary/aromatic N) is 1. The molecule has 0 heterocycles. The largest absolute Gasteiger partial charge is 0.381 e. The highest BCUT2D eigenvalue weighted by molar-refractivity contribution is 14.0. The molecule has 0 spiro atoms. The van der Waals surface area contributed by atoms with E-state index in [1.54, 1.807) is 7.05 Å². The van der Waals surface area contributed by atoms with Gasteiger partial charge >= 0.3 is 0 Å². The molecule has 2 rings (SSSR count). The molecule has 1 aromatic rings. The van der Waals surface area contributed by atoms with Crippen LogP contribution in [0.2, 0.25) is 0 Å². The van der Waals surface area contributed by atoms with E-state index in [0.29, 0.717) is 18.7 Å². The molecule has 146 valence electrons. The number of ether oxygens (including phenoxy) is 1. The fraction of sp³-hybridized carbons (Fsp3) is 0.579. The zero-order chi connectivity index (χ0) is 17.9. The van der Waals surface area contributed by atoms with Crippen LogP contribution in [0.25, 0.3) is 0 Å². The van der Waals surface area contributed by atoms with Crippen molar-refractivity contribution in [3.63, 3.8) is 0 Å². The molecule has 0 atom stereocenters. The van der Waals surface area contributed by atoms with E-state index < -0.39 is 0 Å². The molecule has 1 amide bonds. The molecule has 1 fully saturated rings. The Bertz CT molecular complexity index is 576. The molecule has 1 aromatic carbocycles. The summed E-state index contributed by atoms with van der Waals surface area (Å²) in [5, 5.41) is 9.36. The molecule has 26 heavy (non-hydrogen) atoms. The number of aliphatic imine (C=N–C) groups is 1. The van der Waals surface area contributed by atoms with Gasteiger partial charge in [-0.2, -0.15) is 0 Å². The van der Waals surface area contributed by atoms with Gasteiger partial charge in [-0.25, -0.2) is 0 Å². The van der Waals surface area contributed by atoms with Gasteiger partial charge in [0.25, 0.3) is 5.91 Å². The molecule has 0 aromatic heterocycles. The van der Waals surface area contributed by atoms with Gasteiger partial charge in [-0.05, 0) is 49.8 Å². The summed E-state index contributed by atoms with van der Waals surface area (Å²) in [7, 11) is 1.75. The van der Waals surface area contributed by atoms with E-state index in [9.17, 15) is 4.79 Å². The molecule has 1 aliphatic carbocycles. The fourth-order valence-corrected chi connectivity index (χ4v) is 2.41. The Labute approximate surface area is 173 Å². The van der Waals surface area contributed by atoms with Crippen LogP contribution in [0.1, 0.15) is 42.1 Å². The van der Waals surface area contributed by atoms with Crippen molar-refractivity contribution in [1.82, 2.24) is 16.0 Å². The first-order valence-corrected chi connectivity index (χ1v) is 9.12. The highest BCUT2D eigenvalue weighted by Crippen LogP contribution is 2.28. The molecule has 7 heteroatoms. The van der Waals surface area contributed by atoms with Gasteiger partial charge < -0.3 is 20.7 Å². The number of carbonyl (C=O) groups is 1. The smallest absolute Gasteiger partial charge is 0.251 e. The van der Waals surface area contributed by atoms with E-state index in [4.69, 9.17) is 4.74 Å². The quantitative estimate of drug-likeness (QED) is 0.211. The maximum atomic E-state index is 11.9. The number of hydrogen-bond acceptors (Lipinski definition) is 3. The Hall–Kier alpha value is -1.35. The Kier molecular flexibility index (Phi) is 11.3. The van der Waals surface area contributed by atoms with E-state index in [-0.39, 0.29) is 29.9 Å². The first kappa shape index (κ1) is 22.7. The summed E-state index contributed by atoms with van der Waals surface area (Å²) in [6, 6.07) is 7.61. The van der Waals surface area contributed by atoms with E-state index >= 15 is 0 Å². The van der Waals surface area contributed by atoms with Gasteiger partial charge in [0.1, 0.15) is 0 Å². The molecule has 1 saturated carbocycles. The number of guanidine groups is 1. The normalized spacial score (nSPS) is 13.7. The average Bonchev–Trinajstić information content (AvgIpc) is 3.45. The second-order valence-electron chi connectivity index (χ2n) is 6.28. The van der Waals surface area contributed by atoms with Crippen LogP contribution in [0, 0.1) is 5.92 Å². The van der Waals surface area contributed by atoms with E-state index in [1.807, 2.05) is 31.2 Å². The van der Waals surface area contributed by atoms with Crippen molar-refractivity contribution in [2.75, 3.05) is 33.4 Å². The predicted molar refractivity (Wildman–Crippen MR) is 116 cm³/mol. The summed E-state index contributed by atoms with van der Waals surface area (Å²) in [6.45, 7) is 5.68. The van der Waals surface area contributed by atoms with Crippen LogP contribution in [0.15, 0.2) is 29.3 Å². The van der Waals surface area contributed by atoms with Crippen LogP contribution in [0.4, 0.5) is 0 Å². The third-order valence-electron chi connectivity index (χ3n) is 4.02. The zero-order valence-electron chi connectivity index (χ0n) is 15.7. The lowest BCUT2D eigenvalue weighted by Crippen LogP contribution is -2.37. The number of amides is 1. The van der Waals surface area contributed by atoms with Gasteiger partial charge in [-0.1, -0.05) is 12.1 Å². The Morgan fingerprint density at radius 3 is 2.77 bits per heavy atom. The summed E-state index contributed by atoms with van der Waals surface area (Å²) < 4.78 is 5.62. The van der Waals surface area contributed by atoms with Crippen molar-refractivity contribution in [3.8, 4) is 0 Å². The summed E-state index contributed by atoms with van der Waals surface area (Å²) in [5.41, 5.74) is 1.72. The minimum atomic E-state index is -0.0435. The lowest BCUT2D eigenvalue weighted by molar-refractivity contribution is 0.0955. The predicted octanol–water partition coefficient (Wildman–Crippen LogP) is 2.54. The number of benzene rings is 1. The van der Waals surface area contributed by atoms with Crippen LogP contribution < -0.4 is 16.0 Å². The van der Waals surface area contributed by atoms with E-state index in [2.05, 4.69) is 20.9 Å². The first-order chi connectivity index (χ1) is 12.2. The number of carbonyl (C=O) groups excluding carboxylic acids is 1. The summed E-state index contributed by atoms with van der Waals surface area (Å²) in [4.78, 5) is 16.1. The van der Waals surface area contributed by atoms with Gasteiger partial charge in [0.05, 0.1) is 0 Å². The van der Waals surface area contributed by atoms with Crippen molar-refractivity contribution >= 4 is 35.8 Å². The Balaban J connectivity index is 0.00000338. The van der Waals surface area contributed by atoms with E-state index in [0.717, 1.165) is 43.6 Å². The molecule has 0 bridgehead atoms. The summed E-state index contributed by atoms with van der Waals surface area (Å²) >= 11 is 0. The molecule has 3 N–H and O–H groups in total. The van der Waals surface area contributed by atoms with Gasteiger partial charge in [0.2, 0.25) is 0 Å². The molecular formula is C19H31IN4O2. The molecule has 0 saturated heterocycles. The van der Waals surface area contributed by atoms with Crippen molar-refractivity contribution in [3.05, 3.63) is 35.4 Å². The van der Waals surface area contributed by atoms with Crippen molar-refractivity contribution in [2.24, 2.45) is 10.9 Å². The molecule has 0 aliphatic heterocycles. The van der Waals surface area contributed by atoms with Crippen LogP contribution in [-0.2, 0) is 11.3 Å². The molecular weight excluding hydrogens is 443 g/mol. The lowest BCUT2D eigenvalue weighted by Gasteiger charge is -2.12. The van der Waals surface area contributed by atoms with Crippen LogP contribution in [0.5, 0.6) is 0 Å². The van der Waals surface area contributed by atoms with Gasteiger partial charge in [0.15, 0.2) is 5.96 Å². The number of hydrogen-bond donors (Lipinski definition) is 3. The minimum absolute atomic E-state index is 0. The zero-order valence-corrected chi connectivity index (χ0v) is 18.0. The van der Waals surface area contributed by atoms with Gasteiger partial charge in [-0.3, -0.25) is 9.79 Å². The van der Waals surface area contributed by atoms with Crippen molar-refractivity contribution in [2.45, 2.75) is 32.7 Å². The maximum absolute atomic E-state index is 11.9. The third-order valence-corrected chi connectivity index (χ3v) is 4.02. The number of nitrogens with one attached hydrogen (secondary N) is 3. The Morgan fingerprint density at radius 1 is 1.27 bits per heavy atom. The highest BCUT2D eigenvalue weighted by Gasteiger charge is 2.20. The van der Waals surface area contributed by atoms with Gasteiger partial charge in [0, 0.05) is 45.5 Å². The van der Waals surface area contributed by atoms with Gasteiger partial charge in [-0.15, -0.1) is 24.0 Å². The lowest BCUT2D eigenvalue weighted by atomic mass is 10.1. The SMILES string of the molecule is CCNC(=O)c1cccc(CNC(=NC)NCCCOCC2CC2)c1.I.